The van der Waals surface area contributed by atoms with Crippen molar-refractivity contribution >= 4 is 28.2 Å². The van der Waals surface area contributed by atoms with Gasteiger partial charge in [0, 0.05) is 30.7 Å². The number of nitrogens with two attached hydrogens (primary N) is 1. The number of halogens is 1. The molecule has 3 aromatic heterocycles. The van der Waals surface area contributed by atoms with E-state index < -0.39 is 11.4 Å². The van der Waals surface area contributed by atoms with Crippen LogP contribution in [0.2, 0.25) is 0 Å². The molecule has 7 rings (SSSR count). The molecule has 176 valence electrons. The minimum atomic E-state index is -0.613. The number of fused-ring (bicyclic) bond motifs is 4. The zero-order chi connectivity index (χ0) is 23.2. The van der Waals surface area contributed by atoms with E-state index in [0.29, 0.717) is 34.8 Å². The van der Waals surface area contributed by atoms with Gasteiger partial charge in [-0.05, 0) is 37.7 Å². The highest BCUT2D eigenvalue weighted by atomic mass is 19.1. The summed E-state index contributed by atoms with van der Waals surface area (Å²) in [7, 11) is 1.42. The molecular formula is C23H25FN8O2. The highest BCUT2D eigenvalue weighted by molar-refractivity contribution is 5.93. The third kappa shape index (κ3) is 2.76. The van der Waals surface area contributed by atoms with Crippen molar-refractivity contribution in [2.24, 2.45) is 5.92 Å². The van der Waals surface area contributed by atoms with Crippen molar-refractivity contribution in [2.75, 3.05) is 30.8 Å². The van der Waals surface area contributed by atoms with Crippen molar-refractivity contribution < 1.29 is 14.2 Å². The van der Waals surface area contributed by atoms with Gasteiger partial charge in [0.05, 0.1) is 42.1 Å². The summed E-state index contributed by atoms with van der Waals surface area (Å²) >= 11 is 0. The molecule has 4 aromatic rings. The van der Waals surface area contributed by atoms with Gasteiger partial charge in [-0.25, -0.2) is 14.4 Å². The van der Waals surface area contributed by atoms with Crippen molar-refractivity contribution in [2.45, 2.75) is 43.2 Å². The van der Waals surface area contributed by atoms with Gasteiger partial charge in [0.25, 0.3) is 0 Å². The number of ether oxygens (including phenoxy) is 1. The topological polar surface area (TPSA) is 120 Å². The Kier molecular flexibility index (Phi) is 3.85. The minimum Gasteiger partial charge on any atom is -0.494 e. The van der Waals surface area contributed by atoms with E-state index in [1.165, 1.54) is 23.8 Å². The number of methoxy groups -OCH3 is 1. The number of piperidine rings is 1. The number of nitrogens with zero attached hydrogens (tertiary/aromatic N) is 7. The molecule has 2 saturated carbocycles. The van der Waals surface area contributed by atoms with Gasteiger partial charge in [-0.15, -0.1) is 5.10 Å². The van der Waals surface area contributed by atoms with Gasteiger partial charge in [0.2, 0.25) is 5.95 Å². The smallest absolute Gasteiger partial charge is 0.223 e. The molecule has 0 spiro atoms. The lowest BCUT2D eigenvalue weighted by Crippen LogP contribution is -2.41. The Morgan fingerprint density at radius 3 is 2.91 bits per heavy atom. The number of nitrogen functional groups attached to an aromatic ring is 1. The van der Waals surface area contributed by atoms with Crippen LogP contribution in [0.3, 0.4) is 0 Å². The van der Waals surface area contributed by atoms with Crippen molar-refractivity contribution in [1.29, 1.82) is 0 Å². The van der Waals surface area contributed by atoms with Gasteiger partial charge in [0.1, 0.15) is 0 Å². The molecule has 1 saturated heterocycles. The van der Waals surface area contributed by atoms with E-state index in [2.05, 4.69) is 15.0 Å². The summed E-state index contributed by atoms with van der Waals surface area (Å²) in [6.45, 7) is 2.20. The number of anilines is 2. The summed E-state index contributed by atoms with van der Waals surface area (Å²) in [5.41, 5.74) is 7.46. The zero-order valence-corrected chi connectivity index (χ0v) is 18.8. The van der Waals surface area contributed by atoms with Crippen LogP contribution in [-0.4, -0.2) is 60.3 Å². The van der Waals surface area contributed by atoms with Crippen LogP contribution in [-0.2, 0) is 12.0 Å². The van der Waals surface area contributed by atoms with E-state index in [-0.39, 0.29) is 17.1 Å². The van der Waals surface area contributed by atoms with E-state index >= 15 is 0 Å². The van der Waals surface area contributed by atoms with Crippen LogP contribution in [0.25, 0.3) is 16.6 Å². The number of rotatable bonds is 5. The Balaban J connectivity index is 1.20. The Morgan fingerprint density at radius 1 is 1.29 bits per heavy atom. The molecule has 11 heteroatoms. The molecule has 0 bridgehead atoms. The Hall–Kier alpha value is -3.47. The lowest BCUT2D eigenvalue weighted by molar-refractivity contribution is -0.0498. The van der Waals surface area contributed by atoms with E-state index in [1.807, 2.05) is 17.1 Å². The first-order valence-electron chi connectivity index (χ1n) is 11.6. The summed E-state index contributed by atoms with van der Waals surface area (Å²) in [4.78, 5) is 11.5. The molecule has 1 aliphatic heterocycles. The van der Waals surface area contributed by atoms with Crippen molar-refractivity contribution in [3.8, 4) is 5.75 Å². The molecule has 3 N–H and O–H groups in total. The van der Waals surface area contributed by atoms with Crippen molar-refractivity contribution in [3.63, 3.8) is 0 Å². The van der Waals surface area contributed by atoms with Crippen LogP contribution >= 0.6 is 0 Å². The summed E-state index contributed by atoms with van der Waals surface area (Å²) < 4.78 is 22.9. The number of aliphatic hydroxyl groups is 1. The molecular weight excluding hydrogens is 439 g/mol. The average Bonchev–Trinajstić information content (AvgIpc) is 3.21. The standard InChI is InChI=1S/C23H25FN8O2/c1-34-18-6-17-15(5-16(18)24)19-28-20(29-32(19)21(25)27-17)23-7-13(23)9-30(12-23)14-8-26-31(10-14)11-22(33)3-2-4-22/h5-6,8,10,13,33H,2-4,7,9,11-12H2,1H3,(H2,25,27). The van der Waals surface area contributed by atoms with Crippen LogP contribution in [0, 0.1) is 11.7 Å². The summed E-state index contributed by atoms with van der Waals surface area (Å²) in [6, 6.07) is 2.91. The van der Waals surface area contributed by atoms with Gasteiger partial charge < -0.3 is 20.5 Å². The van der Waals surface area contributed by atoms with Crippen LogP contribution in [0.15, 0.2) is 24.5 Å². The second-order valence-corrected chi connectivity index (χ2v) is 10.1. The summed E-state index contributed by atoms with van der Waals surface area (Å²) in [5.74, 6) is 0.982. The molecule has 2 atom stereocenters. The first kappa shape index (κ1) is 20.0. The zero-order valence-electron chi connectivity index (χ0n) is 18.8. The summed E-state index contributed by atoms with van der Waals surface area (Å²) in [6.07, 6.45) is 7.62. The quantitative estimate of drug-likeness (QED) is 0.460. The van der Waals surface area contributed by atoms with Gasteiger partial charge in [-0.3, -0.25) is 4.68 Å². The largest absolute Gasteiger partial charge is 0.494 e. The number of hydrogen-bond donors (Lipinski definition) is 2. The second kappa shape index (κ2) is 6.56. The second-order valence-electron chi connectivity index (χ2n) is 10.1. The lowest BCUT2D eigenvalue weighted by Gasteiger charge is -2.36. The predicted molar refractivity (Wildman–Crippen MR) is 122 cm³/mol. The van der Waals surface area contributed by atoms with Gasteiger partial charge in [-0.1, -0.05) is 0 Å². The Morgan fingerprint density at radius 2 is 2.15 bits per heavy atom. The third-order valence-electron chi connectivity index (χ3n) is 7.89. The highest BCUT2D eigenvalue weighted by Crippen LogP contribution is 2.58. The molecule has 34 heavy (non-hydrogen) atoms. The molecule has 4 heterocycles. The average molecular weight is 465 g/mol. The first-order valence-corrected chi connectivity index (χ1v) is 11.6. The van der Waals surface area contributed by atoms with Crippen molar-refractivity contribution in [1.82, 2.24) is 29.4 Å². The fraction of sp³-hybridized carbons (Fsp3) is 0.478. The molecule has 10 nitrogen and oxygen atoms in total. The molecule has 1 aromatic carbocycles. The van der Waals surface area contributed by atoms with E-state index in [0.717, 1.165) is 44.5 Å². The molecule has 0 radical (unpaired) electrons. The maximum atomic E-state index is 14.4. The number of hydrogen-bond acceptors (Lipinski definition) is 8. The number of benzene rings is 1. The molecule has 3 aliphatic rings. The van der Waals surface area contributed by atoms with E-state index in [1.54, 1.807) is 0 Å². The van der Waals surface area contributed by atoms with E-state index in [9.17, 15) is 9.50 Å². The van der Waals surface area contributed by atoms with Gasteiger partial charge >= 0.3 is 0 Å². The van der Waals surface area contributed by atoms with Crippen molar-refractivity contribution in [3.05, 3.63) is 36.2 Å². The molecule has 0 amide bonds. The third-order valence-corrected chi connectivity index (χ3v) is 7.89. The molecule has 3 fully saturated rings. The van der Waals surface area contributed by atoms with Crippen LogP contribution in [0.1, 0.15) is 31.5 Å². The fourth-order valence-electron chi connectivity index (χ4n) is 5.67. The van der Waals surface area contributed by atoms with Gasteiger partial charge in [0.15, 0.2) is 23.0 Å². The molecule has 2 aliphatic carbocycles. The maximum absolute atomic E-state index is 14.4. The SMILES string of the molecule is COc1cc2nc(N)n3nc(C45CC4CN(c4cnn(CC6(O)CCC6)c4)C5)nc3c2cc1F. The normalized spacial score (nSPS) is 25.0. The van der Waals surface area contributed by atoms with Gasteiger partial charge in [-0.2, -0.15) is 9.61 Å². The monoisotopic (exact) mass is 464 g/mol. The van der Waals surface area contributed by atoms with Crippen LogP contribution < -0.4 is 15.4 Å². The Bertz CT molecular complexity index is 1460. The van der Waals surface area contributed by atoms with Crippen LogP contribution in [0.5, 0.6) is 5.75 Å². The Labute approximate surface area is 194 Å². The predicted octanol–water partition coefficient (Wildman–Crippen LogP) is 1.90. The van der Waals surface area contributed by atoms with Crippen LogP contribution in [0.4, 0.5) is 16.0 Å². The maximum Gasteiger partial charge on any atom is 0.223 e. The van der Waals surface area contributed by atoms with E-state index in [4.69, 9.17) is 20.6 Å². The minimum absolute atomic E-state index is 0.112. The lowest BCUT2D eigenvalue weighted by atomic mass is 9.80. The highest BCUT2D eigenvalue weighted by Gasteiger charge is 2.63. The summed E-state index contributed by atoms with van der Waals surface area (Å²) in [5, 5.41) is 20.2. The first-order chi connectivity index (χ1) is 16.4. The number of aromatic nitrogens is 6. The molecule has 2 unspecified atom stereocenters. The fourth-order valence-corrected chi connectivity index (χ4v) is 5.67.